The fourth-order valence-electron chi connectivity index (χ4n) is 1.69. The maximum Gasteiger partial charge on any atom is 0.0650 e. The van der Waals surface area contributed by atoms with Crippen molar-refractivity contribution in [3.63, 3.8) is 0 Å². The molecule has 2 heteroatoms. The van der Waals surface area contributed by atoms with Gasteiger partial charge in [-0.1, -0.05) is 0 Å². The molecule has 0 aromatic heterocycles. The van der Waals surface area contributed by atoms with Gasteiger partial charge in [-0.25, -0.2) is 0 Å². The highest BCUT2D eigenvalue weighted by molar-refractivity contribution is 6.23. The summed E-state index contributed by atoms with van der Waals surface area (Å²) in [7, 11) is 0. The topological polar surface area (TPSA) is 24.7 Å². The number of allylic oxidation sites excluding steroid dienone is 1. The van der Waals surface area contributed by atoms with Crippen molar-refractivity contribution in [2.24, 2.45) is 9.98 Å². The predicted octanol–water partition coefficient (Wildman–Crippen LogP) is 1.11. The molecule has 48 valence electrons. The van der Waals surface area contributed by atoms with E-state index in [0.717, 1.165) is 13.0 Å². The summed E-state index contributed by atoms with van der Waals surface area (Å²) >= 11 is 0. The third-order valence-electron chi connectivity index (χ3n) is 2.23. The molecule has 2 nitrogen and oxygen atoms in total. The molecule has 0 saturated heterocycles. The molecule has 3 rings (SSSR count). The zero-order chi connectivity index (χ0) is 6.55. The maximum atomic E-state index is 4.25. The molecule has 0 unspecified atom stereocenters. The average molecular weight is 130 g/mol. The lowest BCUT2D eigenvalue weighted by molar-refractivity contribution is 1.17. The number of fused-ring (bicyclic) bond motifs is 4. The van der Waals surface area contributed by atoms with E-state index in [1.54, 1.807) is 0 Å². The van der Waals surface area contributed by atoms with Crippen molar-refractivity contribution in [2.75, 3.05) is 6.54 Å². The Labute approximate surface area is 58.7 Å². The van der Waals surface area contributed by atoms with E-state index in [1.807, 2.05) is 12.4 Å². The van der Waals surface area contributed by atoms with E-state index < -0.39 is 0 Å². The Balaban J connectivity index is 2.31. The molecule has 0 radical (unpaired) electrons. The van der Waals surface area contributed by atoms with Crippen molar-refractivity contribution in [3.8, 4) is 0 Å². The highest BCUT2D eigenvalue weighted by Crippen LogP contribution is 2.35. The van der Waals surface area contributed by atoms with Crippen LogP contribution in [0.15, 0.2) is 32.9 Å². The van der Waals surface area contributed by atoms with Crippen molar-refractivity contribution in [1.82, 2.24) is 0 Å². The van der Waals surface area contributed by atoms with Gasteiger partial charge in [0.25, 0.3) is 0 Å². The number of rotatable bonds is 0. The molecule has 0 amide bonds. The molecule has 2 heterocycles. The summed E-state index contributed by atoms with van der Waals surface area (Å²) in [6.07, 6.45) is 4.99. The highest BCUT2D eigenvalue weighted by atomic mass is 14.8. The molecule has 3 aliphatic rings. The second kappa shape index (κ2) is 1.29. The predicted molar refractivity (Wildman–Crippen MR) is 40.5 cm³/mol. The van der Waals surface area contributed by atoms with E-state index in [9.17, 15) is 0 Å². The molecular weight excluding hydrogens is 124 g/mol. The largest absolute Gasteiger partial charge is 0.288 e. The SMILES string of the molecule is C1=NCC2=C1C1=NC=C2C1. The van der Waals surface area contributed by atoms with Crippen molar-refractivity contribution in [2.45, 2.75) is 6.42 Å². The first-order chi connectivity index (χ1) is 4.95. The van der Waals surface area contributed by atoms with Crippen LogP contribution in [-0.4, -0.2) is 18.5 Å². The summed E-state index contributed by atoms with van der Waals surface area (Å²) in [5.74, 6) is 0. The number of aliphatic imine (C=N–C) groups is 2. The second-order valence-corrected chi connectivity index (χ2v) is 2.77. The van der Waals surface area contributed by atoms with E-state index in [0.29, 0.717) is 0 Å². The van der Waals surface area contributed by atoms with Crippen LogP contribution in [0.5, 0.6) is 0 Å². The normalized spacial score (nSPS) is 25.6. The standard InChI is InChI=1S/C8H6N2/c1-5-2-10-8(1)7-4-9-3-6(5)7/h2,4H,1,3H2. The lowest BCUT2D eigenvalue weighted by atomic mass is 10.1. The van der Waals surface area contributed by atoms with Crippen molar-refractivity contribution < 1.29 is 0 Å². The Kier molecular flexibility index (Phi) is 0.592. The first kappa shape index (κ1) is 4.61. The zero-order valence-electron chi connectivity index (χ0n) is 5.46. The molecule has 0 aromatic carbocycles. The molecule has 0 spiro atoms. The smallest absolute Gasteiger partial charge is 0.0650 e. The maximum absolute atomic E-state index is 4.25. The van der Waals surface area contributed by atoms with Gasteiger partial charge in [0.05, 0.1) is 12.3 Å². The summed E-state index contributed by atoms with van der Waals surface area (Å²) < 4.78 is 0. The quantitative estimate of drug-likeness (QED) is 0.469. The summed E-state index contributed by atoms with van der Waals surface area (Å²) in [5, 5.41) is 0. The molecular formula is C8H6N2. The van der Waals surface area contributed by atoms with E-state index in [1.165, 1.54) is 22.4 Å². The molecule has 2 aliphatic heterocycles. The van der Waals surface area contributed by atoms with Crippen molar-refractivity contribution in [3.05, 3.63) is 22.9 Å². The van der Waals surface area contributed by atoms with Gasteiger partial charge in [0.15, 0.2) is 0 Å². The third-order valence-corrected chi connectivity index (χ3v) is 2.23. The Morgan fingerprint density at radius 2 is 2.40 bits per heavy atom. The minimum absolute atomic E-state index is 0.889. The molecule has 2 bridgehead atoms. The highest BCUT2D eigenvalue weighted by Gasteiger charge is 2.29. The van der Waals surface area contributed by atoms with E-state index in [2.05, 4.69) is 9.98 Å². The van der Waals surface area contributed by atoms with E-state index in [4.69, 9.17) is 0 Å². The Bertz CT molecular complexity index is 329. The minimum Gasteiger partial charge on any atom is -0.288 e. The summed E-state index contributed by atoms with van der Waals surface area (Å²) in [6.45, 7) is 0.889. The summed E-state index contributed by atoms with van der Waals surface area (Å²) in [4.78, 5) is 8.44. The van der Waals surface area contributed by atoms with Crippen LogP contribution >= 0.6 is 0 Å². The second-order valence-electron chi connectivity index (χ2n) is 2.77. The minimum atomic E-state index is 0.889. The molecule has 10 heavy (non-hydrogen) atoms. The molecule has 0 fully saturated rings. The first-order valence-electron chi connectivity index (χ1n) is 3.44. The fourth-order valence-corrected chi connectivity index (χ4v) is 1.69. The van der Waals surface area contributed by atoms with E-state index in [-0.39, 0.29) is 0 Å². The van der Waals surface area contributed by atoms with Crippen LogP contribution in [0, 0.1) is 0 Å². The van der Waals surface area contributed by atoms with Crippen LogP contribution in [0.1, 0.15) is 6.42 Å². The van der Waals surface area contributed by atoms with Gasteiger partial charge in [-0.2, -0.15) is 0 Å². The Morgan fingerprint density at radius 1 is 1.40 bits per heavy atom. The van der Waals surface area contributed by atoms with Gasteiger partial charge in [0.1, 0.15) is 0 Å². The van der Waals surface area contributed by atoms with Gasteiger partial charge in [-0.05, 0) is 11.1 Å². The fraction of sp³-hybridized carbons (Fsp3) is 0.250. The van der Waals surface area contributed by atoms with Gasteiger partial charge in [-0.15, -0.1) is 0 Å². The summed E-state index contributed by atoms with van der Waals surface area (Å²) in [6, 6.07) is 0. The van der Waals surface area contributed by atoms with Crippen LogP contribution in [0.4, 0.5) is 0 Å². The lowest BCUT2D eigenvalue weighted by Crippen LogP contribution is -1.94. The van der Waals surface area contributed by atoms with Crippen LogP contribution < -0.4 is 0 Å². The van der Waals surface area contributed by atoms with Crippen molar-refractivity contribution in [1.29, 1.82) is 0 Å². The zero-order valence-corrected chi connectivity index (χ0v) is 5.46. The third kappa shape index (κ3) is 0.347. The molecule has 0 N–H and O–H groups in total. The van der Waals surface area contributed by atoms with Crippen LogP contribution in [0.25, 0.3) is 0 Å². The van der Waals surface area contributed by atoms with Gasteiger partial charge < -0.3 is 0 Å². The van der Waals surface area contributed by atoms with Crippen LogP contribution in [-0.2, 0) is 0 Å². The number of nitrogens with zero attached hydrogens (tertiary/aromatic N) is 2. The van der Waals surface area contributed by atoms with Crippen molar-refractivity contribution >= 4 is 11.9 Å². The first-order valence-corrected chi connectivity index (χ1v) is 3.44. The van der Waals surface area contributed by atoms with E-state index >= 15 is 0 Å². The molecule has 0 aromatic rings. The average Bonchev–Trinajstić information content (AvgIpc) is 2.60. The number of hydrogen-bond donors (Lipinski definition) is 0. The molecule has 0 atom stereocenters. The van der Waals surface area contributed by atoms with Gasteiger partial charge in [-0.3, -0.25) is 9.98 Å². The Morgan fingerprint density at radius 3 is 3.30 bits per heavy atom. The monoisotopic (exact) mass is 130 g/mol. The van der Waals surface area contributed by atoms with Gasteiger partial charge >= 0.3 is 0 Å². The van der Waals surface area contributed by atoms with Gasteiger partial charge in [0, 0.05) is 24.4 Å². The number of hydrogen-bond acceptors (Lipinski definition) is 2. The Hall–Kier alpha value is -1.18. The molecule has 1 aliphatic carbocycles. The van der Waals surface area contributed by atoms with Gasteiger partial charge in [0.2, 0.25) is 0 Å². The summed E-state index contributed by atoms with van der Waals surface area (Å²) in [5.41, 5.74) is 5.34. The van der Waals surface area contributed by atoms with Crippen LogP contribution in [0.2, 0.25) is 0 Å². The molecule has 0 saturated carbocycles. The lowest BCUT2D eigenvalue weighted by Gasteiger charge is -1.95. The van der Waals surface area contributed by atoms with Crippen LogP contribution in [0.3, 0.4) is 0 Å².